The van der Waals surface area contributed by atoms with Crippen molar-refractivity contribution >= 4 is 22.2 Å². The number of benzene rings is 3. The Morgan fingerprint density at radius 1 is 0.833 bits per heavy atom. The predicted octanol–water partition coefficient (Wildman–Crippen LogP) is 5.83. The van der Waals surface area contributed by atoms with Crippen LogP contribution in [0.5, 0.6) is 23.0 Å². The minimum atomic E-state index is 0.300. The molecule has 0 aromatic heterocycles. The monoisotopic (exact) mass is 470 g/mol. The Hall–Kier alpha value is -2.99. The highest BCUT2D eigenvalue weighted by Gasteiger charge is 2.13. The molecule has 0 N–H and O–H groups in total. The van der Waals surface area contributed by atoms with Crippen molar-refractivity contribution in [2.45, 2.75) is 20.1 Å². The van der Waals surface area contributed by atoms with Crippen LogP contribution in [0.25, 0.3) is 0 Å². The standard InChI is InChI=1S/C24H23BrO5/c1-3-28-22-12-18(9-10-21(22)29-15-17-7-5-4-6-8-17)16-30-24-20(25)11-19(14-26)13-23(24)27-2/h4-14H,3,15-16H2,1-2H3. The lowest BCUT2D eigenvalue weighted by atomic mass is 10.2. The van der Waals surface area contributed by atoms with E-state index < -0.39 is 0 Å². The molecular weight excluding hydrogens is 448 g/mol. The van der Waals surface area contributed by atoms with Crippen LogP contribution in [0.1, 0.15) is 28.4 Å². The van der Waals surface area contributed by atoms with Crippen molar-refractivity contribution in [3.63, 3.8) is 0 Å². The molecule has 0 saturated carbocycles. The van der Waals surface area contributed by atoms with Gasteiger partial charge in [-0.2, -0.15) is 0 Å². The number of hydrogen-bond acceptors (Lipinski definition) is 5. The molecule has 30 heavy (non-hydrogen) atoms. The highest BCUT2D eigenvalue weighted by Crippen LogP contribution is 2.37. The fourth-order valence-corrected chi connectivity index (χ4v) is 3.44. The van der Waals surface area contributed by atoms with Gasteiger partial charge in [0, 0.05) is 5.56 Å². The molecule has 0 spiro atoms. The Labute approximate surface area is 184 Å². The van der Waals surface area contributed by atoms with Crippen LogP contribution in [0.15, 0.2) is 65.1 Å². The van der Waals surface area contributed by atoms with E-state index in [1.54, 1.807) is 12.1 Å². The van der Waals surface area contributed by atoms with Gasteiger partial charge >= 0.3 is 0 Å². The molecule has 0 aliphatic rings. The summed E-state index contributed by atoms with van der Waals surface area (Å²) in [6.45, 7) is 3.22. The van der Waals surface area contributed by atoms with Crippen molar-refractivity contribution in [2.24, 2.45) is 0 Å². The first kappa shape index (κ1) is 21.7. The topological polar surface area (TPSA) is 54.0 Å². The number of ether oxygens (including phenoxy) is 4. The summed E-state index contributed by atoms with van der Waals surface area (Å²) in [5.74, 6) is 2.36. The summed E-state index contributed by atoms with van der Waals surface area (Å²) < 4.78 is 23.7. The Bertz CT molecular complexity index is 988. The van der Waals surface area contributed by atoms with Crippen LogP contribution in [0, 0.1) is 0 Å². The predicted molar refractivity (Wildman–Crippen MR) is 119 cm³/mol. The highest BCUT2D eigenvalue weighted by molar-refractivity contribution is 9.10. The van der Waals surface area contributed by atoms with E-state index in [9.17, 15) is 4.79 Å². The first-order valence-corrected chi connectivity index (χ1v) is 10.3. The molecule has 6 heteroatoms. The van der Waals surface area contributed by atoms with Gasteiger partial charge in [-0.1, -0.05) is 36.4 Å². The van der Waals surface area contributed by atoms with Gasteiger partial charge < -0.3 is 18.9 Å². The summed E-state index contributed by atoms with van der Waals surface area (Å²) in [7, 11) is 1.54. The van der Waals surface area contributed by atoms with E-state index in [0.29, 0.717) is 52.9 Å². The second-order valence-electron chi connectivity index (χ2n) is 6.43. The Kier molecular flexibility index (Phi) is 7.74. The zero-order valence-electron chi connectivity index (χ0n) is 16.9. The van der Waals surface area contributed by atoms with Crippen LogP contribution in [0.3, 0.4) is 0 Å². The van der Waals surface area contributed by atoms with Gasteiger partial charge in [0.2, 0.25) is 0 Å². The maximum Gasteiger partial charge on any atom is 0.175 e. The smallest absolute Gasteiger partial charge is 0.175 e. The average Bonchev–Trinajstić information content (AvgIpc) is 2.78. The number of aldehydes is 1. The van der Waals surface area contributed by atoms with Gasteiger partial charge in [0.05, 0.1) is 18.2 Å². The lowest BCUT2D eigenvalue weighted by molar-refractivity contribution is 0.112. The molecule has 0 bridgehead atoms. The van der Waals surface area contributed by atoms with Crippen molar-refractivity contribution in [1.29, 1.82) is 0 Å². The molecule has 0 amide bonds. The first-order valence-electron chi connectivity index (χ1n) is 9.52. The SMILES string of the molecule is CCOc1cc(COc2c(Br)cc(C=O)cc2OC)ccc1OCc1ccccc1. The quantitative estimate of drug-likeness (QED) is 0.349. The van der Waals surface area contributed by atoms with Crippen LogP contribution < -0.4 is 18.9 Å². The zero-order chi connectivity index (χ0) is 21.3. The molecule has 3 aromatic rings. The van der Waals surface area contributed by atoms with Crippen molar-refractivity contribution < 1.29 is 23.7 Å². The van der Waals surface area contributed by atoms with Crippen LogP contribution in [0.4, 0.5) is 0 Å². The van der Waals surface area contributed by atoms with Gasteiger partial charge in [-0.25, -0.2) is 0 Å². The Balaban J connectivity index is 1.74. The molecule has 0 aliphatic heterocycles. The summed E-state index contributed by atoms with van der Waals surface area (Å²) >= 11 is 3.44. The first-order chi connectivity index (χ1) is 14.6. The molecule has 0 fully saturated rings. The summed E-state index contributed by atoms with van der Waals surface area (Å²) in [6.07, 6.45) is 0.763. The second-order valence-corrected chi connectivity index (χ2v) is 7.28. The van der Waals surface area contributed by atoms with Crippen LogP contribution >= 0.6 is 15.9 Å². The number of halogens is 1. The number of hydrogen-bond donors (Lipinski definition) is 0. The van der Waals surface area contributed by atoms with Crippen LogP contribution in [0.2, 0.25) is 0 Å². The lowest BCUT2D eigenvalue weighted by Crippen LogP contribution is -2.03. The summed E-state index contributed by atoms with van der Waals surface area (Å²) in [4.78, 5) is 11.0. The van der Waals surface area contributed by atoms with Crippen molar-refractivity contribution in [3.8, 4) is 23.0 Å². The van der Waals surface area contributed by atoms with E-state index in [1.807, 2.05) is 55.5 Å². The fourth-order valence-electron chi connectivity index (χ4n) is 2.87. The average molecular weight is 471 g/mol. The molecule has 0 aliphatic carbocycles. The van der Waals surface area contributed by atoms with E-state index in [4.69, 9.17) is 18.9 Å². The molecule has 0 atom stereocenters. The third-order valence-corrected chi connectivity index (χ3v) is 4.91. The van der Waals surface area contributed by atoms with Gasteiger partial charge in [0.25, 0.3) is 0 Å². The normalized spacial score (nSPS) is 10.4. The molecule has 3 aromatic carbocycles. The van der Waals surface area contributed by atoms with E-state index in [2.05, 4.69) is 15.9 Å². The van der Waals surface area contributed by atoms with Gasteiger partial charge in [-0.05, 0) is 58.2 Å². The molecule has 0 heterocycles. The summed E-state index contributed by atoms with van der Waals surface area (Å²) in [5.41, 5.74) is 2.51. The highest BCUT2D eigenvalue weighted by atomic mass is 79.9. The number of rotatable bonds is 10. The number of carbonyl (C=O) groups is 1. The van der Waals surface area contributed by atoms with Crippen LogP contribution in [-0.2, 0) is 13.2 Å². The summed E-state index contributed by atoms with van der Waals surface area (Å²) in [6, 6.07) is 19.0. The summed E-state index contributed by atoms with van der Waals surface area (Å²) in [5, 5.41) is 0. The fraction of sp³-hybridized carbons (Fsp3) is 0.208. The van der Waals surface area contributed by atoms with E-state index in [1.165, 1.54) is 7.11 Å². The molecule has 0 unspecified atom stereocenters. The zero-order valence-corrected chi connectivity index (χ0v) is 18.5. The van der Waals surface area contributed by atoms with Crippen molar-refractivity contribution in [1.82, 2.24) is 0 Å². The van der Waals surface area contributed by atoms with E-state index >= 15 is 0 Å². The minimum Gasteiger partial charge on any atom is -0.493 e. The molecular formula is C24H23BrO5. The molecule has 0 saturated heterocycles. The van der Waals surface area contributed by atoms with Gasteiger partial charge in [0.15, 0.2) is 23.0 Å². The molecule has 0 radical (unpaired) electrons. The Morgan fingerprint density at radius 3 is 2.30 bits per heavy atom. The van der Waals surface area contributed by atoms with Crippen LogP contribution in [-0.4, -0.2) is 20.0 Å². The molecule has 156 valence electrons. The van der Waals surface area contributed by atoms with Crippen molar-refractivity contribution in [2.75, 3.05) is 13.7 Å². The van der Waals surface area contributed by atoms with Crippen molar-refractivity contribution in [3.05, 3.63) is 81.8 Å². The van der Waals surface area contributed by atoms with E-state index in [0.717, 1.165) is 17.4 Å². The largest absolute Gasteiger partial charge is 0.493 e. The minimum absolute atomic E-state index is 0.300. The third kappa shape index (κ3) is 5.54. The number of carbonyl (C=O) groups excluding carboxylic acids is 1. The Morgan fingerprint density at radius 2 is 1.60 bits per heavy atom. The van der Waals surface area contributed by atoms with Gasteiger partial charge in [-0.15, -0.1) is 0 Å². The maximum atomic E-state index is 11.0. The maximum absolute atomic E-state index is 11.0. The van der Waals surface area contributed by atoms with E-state index in [-0.39, 0.29) is 0 Å². The number of methoxy groups -OCH3 is 1. The van der Waals surface area contributed by atoms with Gasteiger partial charge in [-0.3, -0.25) is 4.79 Å². The molecule has 3 rings (SSSR count). The third-order valence-electron chi connectivity index (χ3n) is 4.32. The second kappa shape index (κ2) is 10.7. The molecule has 5 nitrogen and oxygen atoms in total. The lowest BCUT2D eigenvalue weighted by Gasteiger charge is -2.16. The van der Waals surface area contributed by atoms with Gasteiger partial charge in [0.1, 0.15) is 19.5 Å².